The number of esters is 1. The number of fused-ring (bicyclic) bond motifs is 2. The number of anilines is 1. The Hall–Kier alpha value is -3.28. The Balaban J connectivity index is 1.46. The highest BCUT2D eigenvalue weighted by Gasteiger charge is 2.31. The van der Waals surface area contributed by atoms with Crippen molar-refractivity contribution in [1.29, 1.82) is 0 Å². The molecule has 2 aromatic rings. The number of ketones is 2. The molecule has 1 saturated carbocycles. The van der Waals surface area contributed by atoms with Crippen LogP contribution in [0.15, 0.2) is 42.5 Å². The van der Waals surface area contributed by atoms with Crippen LogP contribution in [0.4, 0.5) is 5.69 Å². The second-order valence-electron chi connectivity index (χ2n) is 7.50. The van der Waals surface area contributed by atoms with Crippen molar-refractivity contribution in [2.75, 3.05) is 11.9 Å². The number of hydrogen-bond acceptors (Lipinski definition) is 5. The van der Waals surface area contributed by atoms with Crippen LogP contribution in [0.25, 0.3) is 0 Å². The molecule has 6 nitrogen and oxygen atoms in total. The lowest BCUT2D eigenvalue weighted by Crippen LogP contribution is -2.26. The largest absolute Gasteiger partial charge is 0.456 e. The van der Waals surface area contributed by atoms with Gasteiger partial charge in [0, 0.05) is 23.1 Å². The molecular weight excluding hydrogens is 370 g/mol. The van der Waals surface area contributed by atoms with Crippen LogP contribution in [0.1, 0.15) is 63.9 Å². The van der Waals surface area contributed by atoms with Gasteiger partial charge in [0.15, 0.2) is 18.2 Å². The third-order valence-electron chi connectivity index (χ3n) is 5.52. The van der Waals surface area contributed by atoms with E-state index >= 15 is 0 Å². The number of hydrogen-bond donors (Lipinski definition) is 1. The van der Waals surface area contributed by atoms with Crippen LogP contribution in [0.2, 0.25) is 0 Å². The standard InChI is InChI=1S/C23H21NO5/c25-19(13-29-20(26)12-14-6-1-2-7-14)24-18-11-5-10-17-21(18)23(28)16-9-4-3-8-15(16)22(17)27/h3-5,8-11,14H,1-2,6-7,12-13H2,(H,24,25). The van der Waals surface area contributed by atoms with Gasteiger partial charge in [0.2, 0.25) is 0 Å². The van der Waals surface area contributed by atoms with E-state index in [1.165, 1.54) is 0 Å². The fourth-order valence-corrected chi connectivity index (χ4v) is 4.09. The fraction of sp³-hybridized carbons (Fsp3) is 0.304. The van der Waals surface area contributed by atoms with E-state index in [0.29, 0.717) is 23.5 Å². The third-order valence-corrected chi connectivity index (χ3v) is 5.52. The fourth-order valence-electron chi connectivity index (χ4n) is 4.09. The molecule has 2 aromatic carbocycles. The minimum atomic E-state index is -0.544. The molecule has 0 aliphatic heterocycles. The summed E-state index contributed by atoms with van der Waals surface area (Å²) in [6, 6.07) is 11.4. The molecule has 2 aliphatic rings. The predicted octanol–water partition coefficient (Wildman–Crippen LogP) is 3.52. The van der Waals surface area contributed by atoms with Crippen LogP contribution < -0.4 is 5.32 Å². The number of carbonyl (C=O) groups excluding carboxylic acids is 4. The van der Waals surface area contributed by atoms with E-state index in [0.717, 1.165) is 25.7 Å². The minimum absolute atomic E-state index is 0.168. The molecule has 1 fully saturated rings. The molecule has 6 heteroatoms. The lowest BCUT2D eigenvalue weighted by Gasteiger charge is -2.20. The summed E-state index contributed by atoms with van der Waals surface area (Å²) in [6.45, 7) is -0.423. The summed E-state index contributed by atoms with van der Waals surface area (Å²) in [5.41, 5.74) is 1.34. The summed E-state index contributed by atoms with van der Waals surface area (Å²) >= 11 is 0. The molecule has 148 valence electrons. The van der Waals surface area contributed by atoms with Gasteiger partial charge in [-0.1, -0.05) is 49.2 Å². The quantitative estimate of drug-likeness (QED) is 0.672. The van der Waals surface area contributed by atoms with Gasteiger partial charge in [-0.25, -0.2) is 0 Å². The van der Waals surface area contributed by atoms with Crippen molar-refractivity contribution in [1.82, 2.24) is 0 Å². The zero-order chi connectivity index (χ0) is 20.4. The van der Waals surface area contributed by atoms with Crippen molar-refractivity contribution >= 4 is 29.1 Å². The Kier molecular flexibility index (Phi) is 5.25. The molecule has 0 heterocycles. The summed E-state index contributed by atoms with van der Waals surface area (Å²) in [5.74, 6) is -1.16. The van der Waals surface area contributed by atoms with Crippen LogP contribution in [0, 0.1) is 5.92 Å². The third kappa shape index (κ3) is 3.83. The van der Waals surface area contributed by atoms with Crippen molar-refractivity contribution in [2.45, 2.75) is 32.1 Å². The van der Waals surface area contributed by atoms with Gasteiger partial charge in [-0.3, -0.25) is 19.2 Å². The number of ether oxygens (including phenoxy) is 1. The van der Waals surface area contributed by atoms with E-state index in [-0.39, 0.29) is 34.4 Å². The molecular formula is C23H21NO5. The highest BCUT2D eigenvalue weighted by atomic mass is 16.5. The minimum Gasteiger partial charge on any atom is -0.456 e. The van der Waals surface area contributed by atoms with E-state index in [2.05, 4.69) is 5.32 Å². The molecule has 1 amide bonds. The average molecular weight is 391 g/mol. The predicted molar refractivity (Wildman–Crippen MR) is 106 cm³/mol. The number of carbonyl (C=O) groups is 4. The van der Waals surface area contributed by atoms with Gasteiger partial charge in [0.1, 0.15) is 0 Å². The first-order chi connectivity index (χ1) is 14.0. The Morgan fingerprint density at radius 2 is 1.55 bits per heavy atom. The Morgan fingerprint density at radius 3 is 2.28 bits per heavy atom. The second-order valence-corrected chi connectivity index (χ2v) is 7.50. The Morgan fingerprint density at radius 1 is 0.897 bits per heavy atom. The van der Waals surface area contributed by atoms with Crippen LogP contribution in [0.3, 0.4) is 0 Å². The number of nitrogens with one attached hydrogen (secondary N) is 1. The average Bonchev–Trinajstić information content (AvgIpc) is 3.23. The zero-order valence-corrected chi connectivity index (χ0v) is 15.9. The Bertz CT molecular complexity index is 1000. The van der Waals surface area contributed by atoms with Crippen molar-refractivity contribution in [2.24, 2.45) is 5.92 Å². The summed E-state index contributed by atoms with van der Waals surface area (Å²) in [6.07, 6.45) is 4.64. The molecule has 0 atom stereocenters. The first-order valence-electron chi connectivity index (χ1n) is 9.81. The first kappa shape index (κ1) is 19.1. The maximum Gasteiger partial charge on any atom is 0.306 e. The molecule has 29 heavy (non-hydrogen) atoms. The molecule has 0 unspecified atom stereocenters. The highest BCUT2D eigenvalue weighted by molar-refractivity contribution is 6.30. The molecule has 0 aromatic heterocycles. The molecule has 0 saturated heterocycles. The van der Waals surface area contributed by atoms with Gasteiger partial charge in [-0.2, -0.15) is 0 Å². The molecule has 0 bridgehead atoms. The van der Waals surface area contributed by atoms with E-state index < -0.39 is 12.5 Å². The second kappa shape index (κ2) is 7.99. The van der Waals surface area contributed by atoms with Gasteiger partial charge < -0.3 is 10.1 Å². The zero-order valence-electron chi connectivity index (χ0n) is 15.9. The number of amides is 1. The summed E-state index contributed by atoms with van der Waals surface area (Å²) in [5, 5.41) is 2.61. The van der Waals surface area contributed by atoms with Gasteiger partial charge in [-0.15, -0.1) is 0 Å². The van der Waals surface area contributed by atoms with Crippen LogP contribution >= 0.6 is 0 Å². The summed E-state index contributed by atoms with van der Waals surface area (Å²) in [4.78, 5) is 49.9. The lowest BCUT2D eigenvalue weighted by atomic mass is 9.83. The monoisotopic (exact) mass is 391 g/mol. The van der Waals surface area contributed by atoms with E-state index in [1.54, 1.807) is 42.5 Å². The van der Waals surface area contributed by atoms with Crippen LogP contribution in [-0.2, 0) is 14.3 Å². The van der Waals surface area contributed by atoms with Gasteiger partial charge in [0.25, 0.3) is 5.91 Å². The van der Waals surface area contributed by atoms with E-state index in [4.69, 9.17) is 4.74 Å². The van der Waals surface area contributed by atoms with Gasteiger partial charge in [-0.05, 0) is 24.8 Å². The SMILES string of the molecule is O=C(COC(=O)CC1CCCC1)Nc1cccc2c1C(=O)c1ccccc1C2=O. The molecule has 0 spiro atoms. The van der Waals surface area contributed by atoms with Crippen LogP contribution in [-0.4, -0.2) is 30.0 Å². The molecule has 4 rings (SSSR count). The van der Waals surface area contributed by atoms with Crippen molar-refractivity contribution in [3.8, 4) is 0 Å². The number of benzene rings is 2. The Labute approximate surface area is 168 Å². The van der Waals surface area contributed by atoms with Crippen LogP contribution in [0.5, 0.6) is 0 Å². The topological polar surface area (TPSA) is 89.5 Å². The van der Waals surface area contributed by atoms with Crippen molar-refractivity contribution in [3.05, 3.63) is 64.7 Å². The van der Waals surface area contributed by atoms with E-state index in [1.807, 2.05) is 0 Å². The molecule has 0 radical (unpaired) electrons. The van der Waals surface area contributed by atoms with Gasteiger partial charge in [0.05, 0.1) is 11.3 Å². The summed E-state index contributed by atoms with van der Waals surface area (Å²) < 4.78 is 5.08. The number of rotatable bonds is 5. The molecule has 1 N–H and O–H groups in total. The smallest absolute Gasteiger partial charge is 0.306 e. The lowest BCUT2D eigenvalue weighted by molar-refractivity contribution is -0.148. The molecule has 2 aliphatic carbocycles. The highest BCUT2D eigenvalue weighted by Crippen LogP contribution is 2.32. The van der Waals surface area contributed by atoms with Crippen molar-refractivity contribution < 1.29 is 23.9 Å². The maximum atomic E-state index is 12.9. The first-order valence-corrected chi connectivity index (χ1v) is 9.81. The summed E-state index contributed by atoms with van der Waals surface area (Å²) in [7, 11) is 0. The van der Waals surface area contributed by atoms with Crippen molar-refractivity contribution in [3.63, 3.8) is 0 Å². The normalized spacial score (nSPS) is 15.6. The van der Waals surface area contributed by atoms with Gasteiger partial charge >= 0.3 is 5.97 Å². The maximum absolute atomic E-state index is 12.9. The van der Waals surface area contributed by atoms with E-state index in [9.17, 15) is 19.2 Å².